The number of ether oxygens (including phenoxy) is 1. The smallest absolute Gasteiger partial charge is 0.266 e. The zero-order valence-corrected chi connectivity index (χ0v) is 17.2. The normalized spacial score (nSPS) is 17.0. The highest BCUT2D eigenvalue weighted by atomic mass is 32.2. The summed E-state index contributed by atoms with van der Waals surface area (Å²) < 4.78 is 5.50. The first kappa shape index (κ1) is 20.0. The summed E-state index contributed by atoms with van der Waals surface area (Å²) in [5.74, 6) is 0.760. The minimum Gasteiger partial charge on any atom is -0.490 e. The molecule has 1 amide bonds. The van der Waals surface area contributed by atoms with Crippen LogP contribution in [0.1, 0.15) is 25.0 Å². The molecule has 0 aliphatic carbocycles. The van der Waals surface area contributed by atoms with Gasteiger partial charge in [-0.2, -0.15) is 0 Å². The Morgan fingerprint density at radius 3 is 2.43 bits per heavy atom. The largest absolute Gasteiger partial charge is 0.490 e. The number of aryl methyl sites for hydroxylation is 1. The van der Waals surface area contributed by atoms with Gasteiger partial charge in [-0.3, -0.25) is 9.69 Å². The Morgan fingerprint density at radius 2 is 1.82 bits per heavy atom. The van der Waals surface area contributed by atoms with E-state index in [9.17, 15) is 4.79 Å². The summed E-state index contributed by atoms with van der Waals surface area (Å²) in [4.78, 5) is 20.1. The highest BCUT2D eigenvalue weighted by Crippen LogP contribution is 2.35. The van der Waals surface area contributed by atoms with E-state index in [0.717, 1.165) is 17.0 Å². The first-order chi connectivity index (χ1) is 13.5. The van der Waals surface area contributed by atoms with Crippen LogP contribution < -0.4 is 4.74 Å². The number of hydrogen-bond acceptors (Lipinski definition) is 4. The molecule has 0 N–H and O–H groups in total. The molecule has 1 heterocycles. The van der Waals surface area contributed by atoms with Crippen molar-refractivity contribution in [1.82, 2.24) is 4.90 Å². The fourth-order valence-corrected chi connectivity index (χ4v) is 3.84. The fraction of sp³-hybridized carbons (Fsp3) is 0.217. The Labute approximate surface area is 170 Å². The lowest BCUT2D eigenvalue weighted by molar-refractivity contribution is -0.123. The van der Waals surface area contributed by atoms with Gasteiger partial charge in [-0.1, -0.05) is 42.5 Å². The van der Waals surface area contributed by atoms with E-state index in [1.54, 1.807) is 11.0 Å². The number of amidine groups is 1. The monoisotopic (exact) mass is 392 g/mol. The topological polar surface area (TPSA) is 41.9 Å². The van der Waals surface area contributed by atoms with Crippen LogP contribution in [0.15, 0.2) is 71.1 Å². The van der Waals surface area contributed by atoms with E-state index in [-0.39, 0.29) is 11.9 Å². The highest BCUT2D eigenvalue weighted by Gasteiger charge is 2.35. The average molecular weight is 393 g/mol. The molecule has 0 saturated carbocycles. The van der Waals surface area contributed by atoms with Gasteiger partial charge >= 0.3 is 0 Å². The SMILES string of the molecule is C=CCOc1ccc(/C=C2/SC(=Nc3ccc(C)cc3)N(C(C)C)C2=O)cc1. The van der Waals surface area contributed by atoms with Crippen LogP contribution in [0.4, 0.5) is 5.69 Å². The van der Waals surface area contributed by atoms with E-state index >= 15 is 0 Å². The molecule has 1 aliphatic rings. The number of thioether (sulfide) groups is 1. The number of amides is 1. The maximum Gasteiger partial charge on any atom is 0.266 e. The fourth-order valence-electron chi connectivity index (χ4n) is 2.72. The van der Waals surface area contributed by atoms with Crippen LogP contribution in [0.2, 0.25) is 0 Å². The quantitative estimate of drug-likeness (QED) is 0.476. The number of aliphatic imine (C=N–C) groups is 1. The predicted molar refractivity (Wildman–Crippen MR) is 118 cm³/mol. The average Bonchev–Trinajstić information content (AvgIpc) is 2.98. The van der Waals surface area contributed by atoms with Gasteiger partial charge in [0, 0.05) is 6.04 Å². The predicted octanol–water partition coefficient (Wildman–Crippen LogP) is 5.57. The molecule has 0 atom stereocenters. The Morgan fingerprint density at radius 1 is 1.14 bits per heavy atom. The van der Waals surface area contributed by atoms with Crippen molar-refractivity contribution >= 4 is 34.6 Å². The van der Waals surface area contributed by atoms with Gasteiger partial charge in [0.05, 0.1) is 10.6 Å². The highest BCUT2D eigenvalue weighted by molar-refractivity contribution is 8.18. The Hall–Kier alpha value is -2.79. The Balaban J connectivity index is 1.86. The van der Waals surface area contributed by atoms with Crippen LogP contribution in [0, 0.1) is 6.92 Å². The van der Waals surface area contributed by atoms with Gasteiger partial charge in [0.1, 0.15) is 12.4 Å². The van der Waals surface area contributed by atoms with Crippen molar-refractivity contribution in [3.05, 3.63) is 77.2 Å². The van der Waals surface area contributed by atoms with Crippen molar-refractivity contribution in [3.63, 3.8) is 0 Å². The summed E-state index contributed by atoms with van der Waals surface area (Å²) in [6.07, 6.45) is 3.61. The summed E-state index contributed by atoms with van der Waals surface area (Å²) in [5, 5.41) is 0.709. The molecule has 2 aromatic carbocycles. The number of nitrogens with zero attached hydrogens (tertiary/aromatic N) is 2. The molecular weight excluding hydrogens is 368 g/mol. The van der Waals surface area contributed by atoms with Crippen LogP contribution in [0.25, 0.3) is 6.08 Å². The Kier molecular flexibility index (Phi) is 6.37. The third-order valence-electron chi connectivity index (χ3n) is 4.16. The van der Waals surface area contributed by atoms with E-state index in [1.165, 1.54) is 17.3 Å². The zero-order chi connectivity index (χ0) is 20.1. The Bertz CT molecular complexity index is 913. The molecule has 0 bridgehead atoms. The van der Waals surface area contributed by atoms with Gasteiger partial charge in [0.15, 0.2) is 5.17 Å². The summed E-state index contributed by atoms with van der Waals surface area (Å²) in [6, 6.07) is 15.7. The van der Waals surface area contributed by atoms with Crippen molar-refractivity contribution < 1.29 is 9.53 Å². The molecule has 3 rings (SSSR count). The van der Waals surface area contributed by atoms with Gasteiger partial charge < -0.3 is 4.74 Å². The molecule has 0 radical (unpaired) electrons. The van der Waals surface area contributed by atoms with Crippen LogP contribution in [-0.2, 0) is 4.79 Å². The number of carbonyl (C=O) groups is 1. The van der Waals surface area contributed by atoms with E-state index in [2.05, 4.69) is 6.58 Å². The molecule has 0 unspecified atom stereocenters. The molecule has 0 aromatic heterocycles. The second-order valence-corrected chi connectivity index (χ2v) is 7.79. The van der Waals surface area contributed by atoms with Crippen LogP contribution in [0.3, 0.4) is 0 Å². The molecule has 4 nitrogen and oxygen atoms in total. The third kappa shape index (κ3) is 4.73. The van der Waals surface area contributed by atoms with Crippen molar-refractivity contribution in [2.45, 2.75) is 26.8 Å². The van der Waals surface area contributed by atoms with E-state index in [4.69, 9.17) is 9.73 Å². The third-order valence-corrected chi connectivity index (χ3v) is 5.14. The molecule has 2 aromatic rings. The molecule has 5 heteroatoms. The summed E-state index contributed by atoms with van der Waals surface area (Å²) in [7, 11) is 0. The van der Waals surface area contributed by atoms with Crippen LogP contribution in [0.5, 0.6) is 5.75 Å². The lowest BCUT2D eigenvalue weighted by atomic mass is 10.2. The first-order valence-corrected chi connectivity index (χ1v) is 10.0. The second kappa shape index (κ2) is 8.93. The molecule has 1 saturated heterocycles. The van der Waals surface area contributed by atoms with Gasteiger partial charge in [-0.05, 0) is 68.4 Å². The van der Waals surface area contributed by atoms with Gasteiger partial charge in [-0.25, -0.2) is 4.99 Å². The lowest BCUT2D eigenvalue weighted by Crippen LogP contribution is -2.35. The van der Waals surface area contributed by atoms with Gasteiger partial charge in [-0.15, -0.1) is 0 Å². The van der Waals surface area contributed by atoms with E-state index < -0.39 is 0 Å². The van der Waals surface area contributed by atoms with Crippen molar-refractivity contribution in [1.29, 1.82) is 0 Å². The molecule has 0 spiro atoms. The molecular formula is C23H24N2O2S. The second-order valence-electron chi connectivity index (χ2n) is 6.78. The maximum absolute atomic E-state index is 12.9. The van der Waals surface area contributed by atoms with Crippen molar-refractivity contribution in [2.75, 3.05) is 6.61 Å². The van der Waals surface area contributed by atoms with Crippen LogP contribution >= 0.6 is 11.8 Å². The van der Waals surface area contributed by atoms with Crippen molar-refractivity contribution in [2.24, 2.45) is 4.99 Å². The van der Waals surface area contributed by atoms with Crippen LogP contribution in [-0.4, -0.2) is 28.6 Å². The maximum atomic E-state index is 12.9. The number of benzene rings is 2. The molecule has 1 aliphatic heterocycles. The number of rotatable bonds is 6. The standard InChI is InChI=1S/C23H24N2O2S/c1-5-14-27-20-12-8-18(9-13-20)15-21-22(26)25(16(2)3)23(28-21)24-19-10-6-17(4)7-11-19/h5-13,15-16H,1,14H2,2-4H3/b21-15+,24-23?. The zero-order valence-electron chi connectivity index (χ0n) is 16.4. The summed E-state index contributed by atoms with van der Waals surface area (Å²) >= 11 is 1.41. The molecule has 144 valence electrons. The van der Waals surface area contributed by atoms with E-state index in [0.29, 0.717) is 16.7 Å². The minimum atomic E-state index is -0.0159. The minimum absolute atomic E-state index is 0.0159. The number of hydrogen-bond donors (Lipinski definition) is 0. The molecule has 1 fully saturated rings. The summed E-state index contributed by atoms with van der Waals surface area (Å²) in [6.45, 7) is 10.1. The molecule has 28 heavy (non-hydrogen) atoms. The van der Waals surface area contributed by atoms with Crippen molar-refractivity contribution in [3.8, 4) is 5.75 Å². The lowest BCUT2D eigenvalue weighted by Gasteiger charge is -2.19. The summed E-state index contributed by atoms with van der Waals surface area (Å²) in [5.41, 5.74) is 2.97. The van der Waals surface area contributed by atoms with Gasteiger partial charge in [0.2, 0.25) is 0 Å². The first-order valence-electron chi connectivity index (χ1n) is 9.20. The van der Waals surface area contributed by atoms with E-state index in [1.807, 2.05) is 75.4 Å². The number of carbonyl (C=O) groups excluding carboxylic acids is 1. The van der Waals surface area contributed by atoms with Gasteiger partial charge in [0.25, 0.3) is 5.91 Å².